The minimum Gasteiger partial charge on any atom is -0.350 e. The van der Waals surface area contributed by atoms with Crippen molar-refractivity contribution in [3.05, 3.63) is 54.0 Å². The second-order valence-electron chi connectivity index (χ2n) is 9.67. The number of rotatable bonds is 12. The van der Waals surface area contributed by atoms with Crippen LogP contribution < -0.4 is 5.48 Å². The van der Waals surface area contributed by atoms with Crippen molar-refractivity contribution in [3.8, 4) is 10.4 Å². The van der Waals surface area contributed by atoms with Crippen LogP contribution in [0.1, 0.15) is 25.7 Å². The quantitative estimate of drug-likeness (QED) is 0.174. The monoisotopic (exact) mass is 672 g/mol. The summed E-state index contributed by atoms with van der Waals surface area (Å²) in [4.78, 5) is 23.8. The first-order valence-corrected chi connectivity index (χ1v) is 19.2. The number of aromatic nitrogens is 1. The van der Waals surface area contributed by atoms with Gasteiger partial charge in [-0.1, -0.05) is 42.1 Å². The summed E-state index contributed by atoms with van der Waals surface area (Å²) in [6, 6.07) is 11.3. The third-order valence-electron chi connectivity index (χ3n) is 6.80. The zero-order valence-corrected chi connectivity index (χ0v) is 26.7. The summed E-state index contributed by atoms with van der Waals surface area (Å²) in [6.45, 7) is -0.0568. The van der Waals surface area contributed by atoms with Crippen LogP contribution >= 0.6 is 34.4 Å². The Morgan fingerprint density at radius 1 is 1.12 bits per heavy atom. The SMILES string of the molecule is O=C(NOC1CCCCO1)[C@H]1CN(S(=O)(=O)CCCSc2nccs2)CCN1S(=O)(=O)c1ccc(-c2ccccc2)s1. The van der Waals surface area contributed by atoms with Crippen LogP contribution in [0.5, 0.6) is 0 Å². The van der Waals surface area contributed by atoms with E-state index in [0.717, 1.165) is 43.3 Å². The number of thiazole rings is 1. The van der Waals surface area contributed by atoms with Crippen molar-refractivity contribution in [1.29, 1.82) is 0 Å². The standard InChI is InChI=1S/C26H32N4O7S5/c31-25(28-37-23-9-4-5-15-36-23)21-19-29(41(32,33)18-6-16-38-26-27-12-17-39-26)13-14-30(21)42(34,35)24-11-10-22(40-24)20-7-2-1-3-8-20/h1-3,7-8,10-12,17,21,23H,4-6,9,13-16,18-19H2,(H,28,31)/t21-,23?/m1/s1. The van der Waals surface area contributed by atoms with E-state index in [2.05, 4.69) is 10.5 Å². The summed E-state index contributed by atoms with van der Waals surface area (Å²) in [5.41, 5.74) is 3.23. The van der Waals surface area contributed by atoms with Crippen molar-refractivity contribution in [3.63, 3.8) is 0 Å². The Balaban J connectivity index is 1.31. The third kappa shape index (κ3) is 7.78. The number of piperazine rings is 1. The topological polar surface area (TPSA) is 135 Å². The van der Waals surface area contributed by atoms with Gasteiger partial charge in [-0.25, -0.2) is 32.1 Å². The highest BCUT2D eigenvalue weighted by Gasteiger charge is 2.43. The van der Waals surface area contributed by atoms with Gasteiger partial charge in [-0.05, 0) is 37.0 Å². The van der Waals surface area contributed by atoms with Crippen LogP contribution in [0.2, 0.25) is 0 Å². The van der Waals surface area contributed by atoms with E-state index in [-0.39, 0.29) is 29.6 Å². The molecule has 4 heterocycles. The van der Waals surface area contributed by atoms with Crippen LogP contribution in [0.3, 0.4) is 0 Å². The van der Waals surface area contributed by atoms with Gasteiger partial charge in [-0.2, -0.15) is 8.61 Å². The van der Waals surface area contributed by atoms with Crippen LogP contribution in [-0.4, -0.2) is 86.4 Å². The highest BCUT2D eigenvalue weighted by atomic mass is 32.2. The number of ether oxygens (including phenoxy) is 1. The van der Waals surface area contributed by atoms with E-state index >= 15 is 0 Å². The minimum atomic E-state index is -4.13. The lowest BCUT2D eigenvalue weighted by Crippen LogP contribution is -2.61. The van der Waals surface area contributed by atoms with E-state index < -0.39 is 38.3 Å². The summed E-state index contributed by atoms with van der Waals surface area (Å²) in [5.74, 6) is -0.293. The van der Waals surface area contributed by atoms with Crippen LogP contribution in [-0.2, 0) is 34.4 Å². The molecule has 0 bridgehead atoms. The zero-order chi connectivity index (χ0) is 29.6. The van der Waals surface area contributed by atoms with Gasteiger partial charge in [0.1, 0.15) is 14.6 Å². The molecule has 0 spiro atoms. The number of carbonyl (C=O) groups is 1. The van der Waals surface area contributed by atoms with Crippen molar-refractivity contribution >= 4 is 60.4 Å². The van der Waals surface area contributed by atoms with E-state index in [9.17, 15) is 21.6 Å². The Morgan fingerprint density at radius 2 is 1.95 bits per heavy atom. The molecule has 2 aromatic heterocycles. The number of benzene rings is 1. The Labute approximate surface area is 258 Å². The van der Waals surface area contributed by atoms with Gasteiger partial charge in [-0.15, -0.1) is 22.7 Å². The lowest BCUT2D eigenvalue weighted by molar-refractivity contribution is -0.202. The van der Waals surface area contributed by atoms with Gasteiger partial charge >= 0.3 is 0 Å². The van der Waals surface area contributed by atoms with Gasteiger partial charge in [0.25, 0.3) is 15.9 Å². The lowest BCUT2D eigenvalue weighted by atomic mass is 10.2. The van der Waals surface area contributed by atoms with Crippen LogP contribution in [0.15, 0.2) is 62.6 Å². The normalized spacial score (nSPS) is 20.9. The Bertz CT molecular complexity index is 1530. The van der Waals surface area contributed by atoms with Crippen LogP contribution in [0.4, 0.5) is 0 Å². The average molecular weight is 673 g/mol. The molecule has 0 aliphatic carbocycles. The number of amides is 1. The fraction of sp³-hybridized carbons (Fsp3) is 0.462. The van der Waals surface area contributed by atoms with E-state index in [4.69, 9.17) is 9.57 Å². The van der Waals surface area contributed by atoms with Crippen molar-refractivity contribution in [2.24, 2.45) is 0 Å². The number of sulfonamides is 2. The maximum atomic E-state index is 13.8. The average Bonchev–Trinajstić information content (AvgIpc) is 3.72. The molecule has 2 aliphatic rings. The fourth-order valence-corrected chi connectivity index (χ4v) is 11.0. The molecule has 0 radical (unpaired) electrons. The maximum absolute atomic E-state index is 13.8. The summed E-state index contributed by atoms with van der Waals surface area (Å²) in [6.07, 6.45) is 3.80. The number of nitrogens with one attached hydrogen (secondary N) is 1. The summed E-state index contributed by atoms with van der Waals surface area (Å²) < 4.78 is 63.0. The summed E-state index contributed by atoms with van der Waals surface area (Å²) in [5, 5.41) is 1.86. The Hall–Kier alpha value is -1.89. The molecule has 16 heteroatoms. The predicted molar refractivity (Wildman–Crippen MR) is 163 cm³/mol. The van der Waals surface area contributed by atoms with Gasteiger partial charge in [0.15, 0.2) is 6.29 Å². The smallest absolute Gasteiger partial charge is 0.263 e. The van der Waals surface area contributed by atoms with E-state index in [1.165, 1.54) is 33.5 Å². The second-order valence-corrected chi connectivity index (χ2v) is 17.2. The molecule has 42 heavy (non-hydrogen) atoms. The van der Waals surface area contributed by atoms with Crippen molar-refractivity contribution in [2.75, 3.05) is 37.7 Å². The van der Waals surface area contributed by atoms with Crippen LogP contribution in [0, 0.1) is 0 Å². The zero-order valence-electron chi connectivity index (χ0n) is 22.7. The molecule has 0 saturated carbocycles. The number of nitrogens with zero attached hydrogens (tertiary/aromatic N) is 3. The van der Waals surface area contributed by atoms with E-state index in [1.54, 1.807) is 12.3 Å². The molecule has 1 N–H and O–H groups in total. The highest BCUT2D eigenvalue weighted by molar-refractivity contribution is 8.01. The molecule has 3 aromatic rings. The molecule has 2 atom stereocenters. The molecule has 11 nitrogen and oxygen atoms in total. The molecule has 228 valence electrons. The van der Waals surface area contributed by atoms with Gasteiger partial charge < -0.3 is 4.74 Å². The van der Waals surface area contributed by atoms with Gasteiger partial charge in [0, 0.05) is 54.9 Å². The molecule has 2 fully saturated rings. The molecular formula is C26H32N4O7S5. The molecule has 1 amide bonds. The molecule has 1 unspecified atom stereocenters. The molecule has 2 aliphatic heterocycles. The van der Waals surface area contributed by atoms with Gasteiger partial charge in [0.2, 0.25) is 10.0 Å². The minimum absolute atomic E-state index is 0.0610. The molecule has 1 aromatic carbocycles. The number of hydrogen-bond donors (Lipinski definition) is 1. The van der Waals surface area contributed by atoms with E-state index in [0.29, 0.717) is 25.2 Å². The predicted octanol–water partition coefficient (Wildman–Crippen LogP) is 3.63. The largest absolute Gasteiger partial charge is 0.350 e. The first-order chi connectivity index (χ1) is 20.2. The molecule has 5 rings (SSSR count). The van der Waals surface area contributed by atoms with E-state index in [1.807, 2.05) is 35.7 Å². The number of thioether (sulfide) groups is 1. The second kappa shape index (κ2) is 14.3. The molecule has 2 saturated heterocycles. The van der Waals surface area contributed by atoms with Crippen molar-refractivity contribution < 1.29 is 31.2 Å². The number of thiophene rings is 1. The lowest BCUT2D eigenvalue weighted by Gasteiger charge is -2.38. The Kier molecular flexibility index (Phi) is 10.7. The van der Waals surface area contributed by atoms with Crippen LogP contribution in [0.25, 0.3) is 10.4 Å². The van der Waals surface area contributed by atoms with Crippen molar-refractivity contribution in [2.45, 2.75) is 46.6 Å². The first-order valence-electron chi connectivity index (χ1n) is 13.5. The number of hydroxylamine groups is 1. The third-order valence-corrected chi connectivity index (χ3v) is 14.3. The maximum Gasteiger partial charge on any atom is 0.263 e. The fourth-order valence-electron chi connectivity index (χ4n) is 4.63. The summed E-state index contributed by atoms with van der Waals surface area (Å²) >= 11 is 4.08. The number of hydrogen-bond acceptors (Lipinski definition) is 11. The van der Waals surface area contributed by atoms with Crippen molar-refractivity contribution in [1.82, 2.24) is 19.1 Å². The first kappa shape index (κ1) is 31.5. The van der Waals surface area contributed by atoms with Gasteiger partial charge in [0.05, 0.1) is 5.75 Å². The Morgan fingerprint density at radius 3 is 2.69 bits per heavy atom. The highest BCUT2D eigenvalue weighted by Crippen LogP contribution is 2.34. The number of carbonyl (C=O) groups excluding carboxylic acids is 1. The molecular weight excluding hydrogens is 641 g/mol. The summed E-state index contributed by atoms with van der Waals surface area (Å²) in [7, 11) is -7.88. The van der Waals surface area contributed by atoms with Gasteiger partial charge in [-0.3, -0.25) is 4.79 Å².